The van der Waals surface area contributed by atoms with Crippen LogP contribution in [0.25, 0.3) is 10.9 Å². The van der Waals surface area contributed by atoms with Gasteiger partial charge < -0.3 is 15.1 Å². The van der Waals surface area contributed by atoms with E-state index in [9.17, 15) is 9.59 Å². The molecule has 1 aliphatic rings. The summed E-state index contributed by atoms with van der Waals surface area (Å²) >= 11 is 0. The number of hydrogen-bond acceptors (Lipinski definition) is 4. The summed E-state index contributed by atoms with van der Waals surface area (Å²) in [6.45, 7) is 3.48. The van der Waals surface area contributed by atoms with Crippen LogP contribution in [0.15, 0.2) is 45.9 Å². The molecule has 0 saturated heterocycles. The van der Waals surface area contributed by atoms with Gasteiger partial charge in [-0.05, 0) is 44.2 Å². The van der Waals surface area contributed by atoms with E-state index in [-0.39, 0.29) is 5.91 Å². The normalized spacial score (nSPS) is 19.9. The standard InChI is InChI=1S/C18H17N5O3/c1-9-3-6-14(26-9)16-15(10(2)20-18(25)22-16)17(24)21-12-4-5-13-11(7-12)8-19-23-13/h3-8,15-16H,1-2H3,(H,19,23)(H,21,24)(H,22,25). The molecule has 1 aromatic carbocycles. The van der Waals surface area contributed by atoms with Gasteiger partial charge in [-0.15, -0.1) is 0 Å². The number of nitrogens with one attached hydrogen (secondary N) is 3. The zero-order valence-corrected chi connectivity index (χ0v) is 14.2. The van der Waals surface area contributed by atoms with Crippen LogP contribution in [-0.4, -0.2) is 27.8 Å². The lowest BCUT2D eigenvalue weighted by molar-refractivity contribution is -0.118. The van der Waals surface area contributed by atoms with Crippen LogP contribution in [0.4, 0.5) is 10.5 Å². The van der Waals surface area contributed by atoms with Crippen molar-refractivity contribution in [2.24, 2.45) is 10.9 Å². The Kier molecular flexibility index (Phi) is 3.80. The molecule has 2 aromatic heterocycles. The fourth-order valence-corrected chi connectivity index (χ4v) is 3.16. The van der Waals surface area contributed by atoms with Crippen molar-refractivity contribution in [1.82, 2.24) is 15.5 Å². The summed E-state index contributed by atoms with van der Waals surface area (Å²) in [5.41, 5.74) is 1.97. The number of urea groups is 1. The molecule has 2 unspecified atom stereocenters. The minimum Gasteiger partial charge on any atom is -0.464 e. The molecule has 0 fully saturated rings. The van der Waals surface area contributed by atoms with Crippen LogP contribution < -0.4 is 10.6 Å². The van der Waals surface area contributed by atoms with Gasteiger partial charge in [0.2, 0.25) is 5.91 Å². The largest absolute Gasteiger partial charge is 0.464 e. The Bertz CT molecular complexity index is 1030. The molecule has 1 aliphatic heterocycles. The average Bonchev–Trinajstić information content (AvgIpc) is 3.22. The van der Waals surface area contributed by atoms with Crippen molar-refractivity contribution in [2.75, 3.05) is 5.32 Å². The molecule has 3 aromatic rings. The van der Waals surface area contributed by atoms with E-state index < -0.39 is 18.0 Å². The predicted octanol–water partition coefficient (Wildman–Crippen LogP) is 2.94. The van der Waals surface area contributed by atoms with E-state index in [0.717, 1.165) is 10.9 Å². The lowest BCUT2D eigenvalue weighted by atomic mass is 9.90. The van der Waals surface area contributed by atoms with E-state index in [1.165, 1.54) is 0 Å². The van der Waals surface area contributed by atoms with Gasteiger partial charge in [0.15, 0.2) is 0 Å². The van der Waals surface area contributed by atoms with Gasteiger partial charge in [-0.2, -0.15) is 5.10 Å². The van der Waals surface area contributed by atoms with Crippen LogP contribution in [0.3, 0.4) is 0 Å². The first-order valence-corrected chi connectivity index (χ1v) is 8.17. The summed E-state index contributed by atoms with van der Waals surface area (Å²) in [6.07, 6.45) is 1.69. The maximum Gasteiger partial charge on any atom is 0.341 e. The highest BCUT2D eigenvalue weighted by Crippen LogP contribution is 2.29. The van der Waals surface area contributed by atoms with Crippen molar-refractivity contribution >= 4 is 34.2 Å². The summed E-state index contributed by atoms with van der Waals surface area (Å²) in [4.78, 5) is 28.7. The van der Waals surface area contributed by atoms with Crippen LogP contribution in [0.2, 0.25) is 0 Å². The monoisotopic (exact) mass is 351 g/mol. The minimum atomic E-state index is -0.668. The van der Waals surface area contributed by atoms with Gasteiger partial charge in [0, 0.05) is 16.8 Å². The maximum absolute atomic E-state index is 12.9. The number of carbonyl (C=O) groups excluding carboxylic acids is 2. The Morgan fingerprint density at radius 2 is 2.08 bits per heavy atom. The molecule has 4 rings (SSSR count). The van der Waals surface area contributed by atoms with Gasteiger partial charge >= 0.3 is 6.03 Å². The van der Waals surface area contributed by atoms with E-state index in [1.54, 1.807) is 31.3 Å². The number of hydrogen-bond donors (Lipinski definition) is 3. The zero-order chi connectivity index (χ0) is 18.3. The Hall–Kier alpha value is -3.42. The van der Waals surface area contributed by atoms with Crippen LogP contribution >= 0.6 is 0 Å². The molecule has 8 nitrogen and oxygen atoms in total. The molecule has 8 heteroatoms. The SMILES string of the molecule is CC1=NC(=O)NC(c2ccc(C)o2)C1C(=O)Nc1ccc2[nH]ncc2c1. The summed E-state index contributed by atoms with van der Waals surface area (Å²) in [5, 5.41) is 13.3. The lowest BCUT2D eigenvalue weighted by Gasteiger charge is -2.28. The molecule has 26 heavy (non-hydrogen) atoms. The summed E-state index contributed by atoms with van der Waals surface area (Å²) in [7, 11) is 0. The van der Waals surface area contributed by atoms with Gasteiger partial charge in [-0.3, -0.25) is 9.89 Å². The van der Waals surface area contributed by atoms with Crippen LogP contribution in [-0.2, 0) is 4.79 Å². The highest BCUT2D eigenvalue weighted by atomic mass is 16.3. The first kappa shape index (κ1) is 16.1. The van der Waals surface area contributed by atoms with Crippen LogP contribution in [0, 0.1) is 12.8 Å². The Morgan fingerprint density at radius 1 is 1.23 bits per heavy atom. The maximum atomic E-state index is 12.9. The second kappa shape index (κ2) is 6.14. The molecular weight excluding hydrogens is 334 g/mol. The Morgan fingerprint density at radius 3 is 2.85 bits per heavy atom. The van der Waals surface area contributed by atoms with Crippen LogP contribution in [0.5, 0.6) is 0 Å². The van der Waals surface area contributed by atoms with Gasteiger partial charge in [-0.25, -0.2) is 9.79 Å². The van der Waals surface area contributed by atoms with E-state index in [2.05, 4.69) is 25.8 Å². The van der Waals surface area contributed by atoms with Gasteiger partial charge in [-0.1, -0.05) is 0 Å². The van der Waals surface area contributed by atoms with E-state index in [1.807, 2.05) is 19.1 Å². The quantitative estimate of drug-likeness (QED) is 0.673. The molecule has 0 radical (unpaired) electrons. The summed E-state index contributed by atoms with van der Waals surface area (Å²) < 4.78 is 5.64. The highest BCUT2D eigenvalue weighted by Gasteiger charge is 2.38. The number of amides is 3. The molecule has 3 heterocycles. The number of nitrogens with zero attached hydrogens (tertiary/aromatic N) is 2. The van der Waals surface area contributed by atoms with E-state index in [4.69, 9.17) is 4.42 Å². The second-order valence-electron chi connectivity index (χ2n) is 6.27. The molecule has 0 aliphatic carbocycles. The van der Waals surface area contributed by atoms with Crippen molar-refractivity contribution in [3.63, 3.8) is 0 Å². The number of rotatable bonds is 3. The van der Waals surface area contributed by atoms with Gasteiger partial charge in [0.1, 0.15) is 23.5 Å². The van der Waals surface area contributed by atoms with Crippen molar-refractivity contribution in [3.8, 4) is 0 Å². The predicted molar refractivity (Wildman–Crippen MR) is 96.0 cm³/mol. The van der Waals surface area contributed by atoms with Crippen molar-refractivity contribution in [3.05, 3.63) is 48.0 Å². The third-order valence-electron chi connectivity index (χ3n) is 4.40. The molecule has 2 atom stereocenters. The number of aliphatic imine (C=N–C) groups is 1. The number of fused-ring (bicyclic) bond motifs is 1. The Balaban J connectivity index is 1.64. The average molecular weight is 351 g/mol. The lowest BCUT2D eigenvalue weighted by Crippen LogP contribution is -2.45. The number of H-pyrrole nitrogens is 1. The smallest absolute Gasteiger partial charge is 0.341 e. The third kappa shape index (κ3) is 2.85. The van der Waals surface area contributed by atoms with Gasteiger partial charge in [0.25, 0.3) is 0 Å². The molecule has 0 bridgehead atoms. The van der Waals surface area contributed by atoms with Crippen molar-refractivity contribution < 1.29 is 14.0 Å². The van der Waals surface area contributed by atoms with E-state index >= 15 is 0 Å². The summed E-state index contributed by atoms with van der Waals surface area (Å²) in [6, 6.07) is 7.93. The number of anilines is 1. The molecule has 0 saturated carbocycles. The zero-order valence-electron chi connectivity index (χ0n) is 14.2. The first-order valence-electron chi connectivity index (χ1n) is 8.17. The molecule has 132 valence electrons. The molecular formula is C18H17N5O3. The van der Waals surface area contributed by atoms with E-state index in [0.29, 0.717) is 22.9 Å². The number of carbonyl (C=O) groups is 2. The fraction of sp³-hybridized carbons (Fsp3) is 0.222. The van der Waals surface area contributed by atoms with Crippen LogP contribution in [0.1, 0.15) is 24.5 Å². The highest BCUT2D eigenvalue weighted by molar-refractivity contribution is 6.13. The molecule has 0 spiro atoms. The fourth-order valence-electron chi connectivity index (χ4n) is 3.16. The number of furan rings is 1. The second-order valence-corrected chi connectivity index (χ2v) is 6.27. The molecule has 3 N–H and O–H groups in total. The van der Waals surface area contributed by atoms with Crippen molar-refractivity contribution in [2.45, 2.75) is 19.9 Å². The minimum absolute atomic E-state index is 0.270. The number of aromatic amines is 1. The first-order chi connectivity index (χ1) is 12.5. The number of aromatic nitrogens is 2. The number of benzene rings is 1. The molecule has 3 amide bonds. The third-order valence-corrected chi connectivity index (χ3v) is 4.40. The van der Waals surface area contributed by atoms with Crippen molar-refractivity contribution in [1.29, 1.82) is 0 Å². The topological polar surface area (TPSA) is 112 Å². The Labute approximate surface area is 148 Å². The number of aryl methyl sites for hydroxylation is 1. The summed E-state index contributed by atoms with van der Waals surface area (Å²) in [5.74, 6) is 0.293. The van der Waals surface area contributed by atoms with Gasteiger partial charge in [0.05, 0.1) is 11.7 Å².